The van der Waals surface area contributed by atoms with Crippen LogP contribution in [0.5, 0.6) is 0 Å². The fourth-order valence-corrected chi connectivity index (χ4v) is 3.74. The van der Waals surface area contributed by atoms with Gasteiger partial charge in [-0.15, -0.1) is 0 Å². The van der Waals surface area contributed by atoms with Crippen molar-refractivity contribution in [1.82, 2.24) is 9.55 Å². The average molecular weight is 249 g/mol. The van der Waals surface area contributed by atoms with E-state index in [1.807, 2.05) is 6.20 Å². The molecule has 1 heterocycles. The topological polar surface area (TPSA) is 43.8 Å². The van der Waals surface area contributed by atoms with Gasteiger partial charge in [-0.2, -0.15) is 0 Å². The first-order chi connectivity index (χ1) is 8.52. The fourth-order valence-electron chi connectivity index (χ4n) is 3.74. The molecule has 18 heavy (non-hydrogen) atoms. The molecule has 2 N–H and O–H groups in total. The first-order valence-corrected chi connectivity index (χ1v) is 7.31. The fraction of sp³-hybridized carbons (Fsp3) is 0.800. The van der Waals surface area contributed by atoms with E-state index in [0.717, 1.165) is 44.1 Å². The molecule has 0 saturated heterocycles. The molecule has 1 aromatic rings. The van der Waals surface area contributed by atoms with Crippen molar-refractivity contribution in [3.63, 3.8) is 0 Å². The largest absolute Gasteiger partial charge is 0.335 e. The third-order valence-electron chi connectivity index (χ3n) is 4.09. The molecule has 1 aromatic heterocycles. The summed E-state index contributed by atoms with van der Waals surface area (Å²) in [6.07, 6.45) is 9.65. The average Bonchev–Trinajstić information content (AvgIpc) is 2.63. The monoisotopic (exact) mass is 249 g/mol. The maximum Gasteiger partial charge on any atom is 0.110 e. The Balaban J connectivity index is 2.09. The van der Waals surface area contributed by atoms with E-state index in [4.69, 9.17) is 5.73 Å². The number of imidazole rings is 1. The van der Waals surface area contributed by atoms with Gasteiger partial charge in [0.05, 0.1) is 0 Å². The maximum absolute atomic E-state index is 6.64. The van der Waals surface area contributed by atoms with Crippen LogP contribution in [0.15, 0.2) is 12.4 Å². The zero-order chi connectivity index (χ0) is 13.2. The van der Waals surface area contributed by atoms with Crippen LogP contribution in [0.25, 0.3) is 0 Å². The summed E-state index contributed by atoms with van der Waals surface area (Å²) in [5.74, 6) is 2.65. The maximum atomic E-state index is 6.64. The second kappa shape index (κ2) is 5.43. The molecule has 0 spiro atoms. The van der Waals surface area contributed by atoms with Gasteiger partial charge in [0.15, 0.2) is 0 Å². The van der Waals surface area contributed by atoms with Gasteiger partial charge in [0, 0.05) is 30.9 Å². The minimum absolute atomic E-state index is 0.0477. The van der Waals surface area contributed by atoms with Crippen molar-refractivity contribution in [2.75, 3.05) is 0 Å². The van der Waals surface area contributed by atoms with E-state index >= 15 is 0 Å². The molecule has 1 aliphatic rings. The highest BCUT2D eigenvalue weighted by atomic mass is 15.1. The minimum atomic E-state index is -0.0477. The van der Waals surface area contributed by atoms with Gasteiger partial charge in [-0.3, -0.25) is 0 Å². The van der Waals surface area contributed by atoms with Gasteiger partial charge in [-0.1, -0.05) is 20.8 Å². The molecule has 2 unspecified atom stereocenters. The summed E-state index contributed by atoms with van der Waals surface area (Å²) < 4.78 is 2.26. The molecule has 1 fully saturated rings. The predicted molar refractivity (Wildman–Crippen MR) is 75.3 cm³/mol. The third kappa shape index (κ3) is 3.14. The second-order valence-electron chi connectivity index (χ2n) is 6.43. The van der Waals surface area contributed by atoms with Crippen LogP contribution in [0.4, 0.5) is 0 Å². The molecule has 102 valence electrons. The van der Waals surface area contributed by atoms with Crippen LogP contribution in [-0.4, -0.2) is 15.1 Å². The summed E-state index contributed by atoms with van der Waals surface area (Å²) in [6.45, 7) is 7.91. The van der Waals surface area contributed by atoms with E-state index in [1.165, 1.54) is 12.2 Å². The number of hydrogen-bond donors (Lipinski definition) is 1. The molecule has 0 bridgehead atoms. The van der Waals surface area contributed by atoms with Crippen molar-refractivity contribution in [1.29, 1.82) is 0 Å². The lowest BCUT2D eigenvalue weighted by Gasteiger charge is -2.40. The highest BCUT2D eigenvalue weighted by molar-refractivity contribution is 5.03. The Hall–Kier alpha value is -0.830. The summed E-state index contributed by atoms with van der Waals surface area (Å²) >= 11 is 0. The van der Waals surface area contributed by atoms with Gasteiger partial charge in [-0.25, -0.2) is 4.98 Å². The predicted octanol–water partition coefficient (Wildman–Crippen LogP) is 2.99. The van der Waals surface area contributed by atoms with E-state index in [9.17, 15) is 0 Å². The number of aryl methyl sites for hydroxylation is 1. The molecule has 1 aliphatic carbocycles. The molecule has 2 atom stereocenters. The van der Waals surface area contributed by atoms with E-state index in [1.54, 1.807) is 0 Å². The molecule has 0 aromatic carbocycles. The summed E-state index contributed by atoms with van der Waals surface area (Å²) in [5.41, 5.74) is 6.60. The van der Waals surface area contributed by atoms with Gasteiger partial charge >= 0.3 is 0 Å². The van der Waals surface area contributed by atoms with Gasteiger partial charge in [0.25, 0.3) is 0 Å². The van der Waals surface area contributed by atoms with Crippen LogP contribution < -0.4 is 5.73 Å². The van der Waals surface area contributed by atoms with E-state index in [0.29, 0.717) is 0 Å². The molecular formula is C15H27N3. The molecule has 0 amide bonds. The summed E-state index contributed by atoms with van der Waals surface area (Å²) in [4.78, 5) is 4.51. The summed E-state index contributed by atoms with van der Waals surface area (Å²) in [7, 11) is 0. The van der Waals surface area contributed by atoms with Gasteiger partial charge < -0.3 is 10.3 Å². The smallest absolute Gasteiger partial charge is 0.110 e. The number of rotatable bonds is 4. The summed E-state index contributed by atoms with van der Waals surface area (Å²) in [5, 5.41) is 0. The minimum Gasteiger partial charge on any atom is -0.335 e. The van der Waals surface area contributed by atoms with Crippen molar-refractivity contribution in [3.05, 3.63) is 18.2 Å². The van der Waals surface area contributed by atoms with Gasteiger partial charge in [-0.05, 0) is 37.5 Å². The normalized spacial score (nSPS) is 32.7. The van der Waals surface area contributed by atoms with Crippen molar-refractivity contribution in [3.8, 4) is 0 Å². The van der Waals surface area contributed by atoms with Crippen LogP contribution >= 0.6 is 0 Å². The number of hydrogen-bond acceptors (Lipinski definition) is 2. The van der Waals surface area contributed by atoms with Gasteiger partial charge in [0.1, 0.15) is 5.82 Å². The Morgan fingerprint density at radius 1 is 1.39 bits per heavy atom. The molecule has 3 nitrogen and oxygen atoms in total. The first-order valence-electron chi connectivity index (χ1n) is 7.31. The highest BCUT2D eigenvalue weighted by Crippen LogP contribution is 2.36. The molecule has 3 heteroatoms. The number of nitrogens with two attached hydrogens (primary N) is 1. The SMILES string of the molecule is CCCn1ccnc1CC1(N)CC(C)CC(C)C1. The van der Waals surface area contributed by atoms with E-state index in [-0.39, 0.29) is 5.54 Å². The second-order valence-corrected chi connectivity index (χ2v) is 6.43. The molecule has 2 rings (SSSR count). The van der Waals surface area contributed by atoms with Crippen LogP contribution in [0, 0.1) is 11.8 Å². The van der Waals surface area contributed by atoms with Crippen molar-refractivity contribution < 1.29 is 0 Å². The van der Waals surface area contributed by atoms with Crippen molar-refractivity contribution in [2.45, 2.75) is 65.0 Å². The Morgan fingerprint density at radius 2 is 2.06 bits per heavy atom. The quantitative estimate of drug-likeness (QED) is 0.891. The van der Waals surface area contributed by atoms with E-state index < -0.39 is 0 Å². The first kappa shape index (κ1) is 13.6. The summed E-state index contributed by atoms with van der Waals surface area (Å²) in [6, 6.07) is 0. The molecular weight excluding hydrogens is 222 g/mol. The highest BCUT2D eigenvalue weighted by Gasteiger charge is 2.35. The van der Waals surface area contributed by atoms with Crippen LogP contribution in [-0.2, 0) is 13.0 Å². The zero-order valence-electron chi connectivity index (χ0n) is 12.0. The number of nitrogens with zero attached hydrogens (tertiary/aromatic N) is 2. The number of aromatic nitrogens is 2. The van der Waals surface area contributed by atoms with Gasteiger partial charge in [0.2, 0.25) is 0 Å². The lowest BCUT2D eigenvalue weighted by atomic mass is 9.70. The van der Waals surface area contributed by atoms with Crippen LogP contribution in [0.3, 0.4) is 0 Å². The molecule has 0 radical (unpaired) electrons. The van der Waals surface area contributed by atoms with E-state index in [2.05, 4.69) is 36.5 Å². The standard InChI is InChI=1S/C15H27N3/c1-4-6-18-7-5-17-14(18)11-15(16)9-12(2)8-13(3)10-15/h5,7,12-13H,4,6,8-11,16H2,1-3H3. The van der Waals surface area contributed by atoms with Crippen molar-refractivity contribution in [2.24, 2.45) is 17.6 Å². The Morgan fingerprint density at radius 3 is 2.67 bits per heavy atom. The van der Waals surface area contributed by atoms with Crippen LogP contribution in [0.1, 0.15) is 52.3 Å². The van der Waals surface area contributed by atoms with Crippen molar-refractivity contribution >= 4 is 0 Å². The Bertz CT molecular complexity index is 373. The zero-order valence-corrected chi connectivity index (χ0v) is 12.0. The molecule has 0 aliphatic heterocycles. The molecule has 1 saturated carbocycles. The lowest BCUT2D eigenvalue weighted by molar-refractivity contribution is 0.179. The lowest BCUT2D eigenvalue weighted by Crippen LogP contribution is -2.48. The Kier molecular flexibility index (Phi) is 4.10. The Labute approximate surface area is 111 Å². The third-order valence-corrected chi connectivity index (χ3v) is 4.09. The van der Waals surface area contributed by atoms with Crippen LogP contribution in [0.2, 0.25) is 0 Å².